The molecule has 0 spiro atoms. The lowest BCUT2D eigenvalue weighted by atomic mass is 10.2. The minimum absolute atomic E-state index is 0.180. The van der Waals surface area contributed by atoms with Gasteiger partial charge in [-0.15, -0.1) is 0 Å². The van der Waals surface area contributed by atoms with Gasteiger partial charge < -0.3 is 9.84 Å². The highest BCUT2D eigenvalue weighted by Gasteiger charge is 2.29. The van der Waals surface area contributed by atoms with Crippen molar-refractivity contribution in [2.75, 3.05) is 13.7 Å². The largest absolute Gasteiger partial charge is 0.497 e. The third-order valence-corrected chi connectivity index (χ3v) is 3.26. The van der Waals surface area contributed by atoms with Crippen LogP contribution in [0.25, 0.3) is 0 Å². The van der Waals surface area contributed by atoms with Gasteiger partial charge in [0, 0.05) is 37.0 Å². The summed E-state index contributed by atoms with van der Waals surface area (Å²) in [6.45, 7) is 3.21. The van der Waals surface area contributed by atoms with Crippen LogP contribution < -0.4 is 4.74 Å². The molecule has 5 nitrogen and oxygen atoms in total. The Hall–Kier alpha value is -1.62. The van der Waals surface area contributed by atoms with Crippen LogP contribution in [0.4, 0.5) is 0 Å². The lowest BCUT2D eigenvalue weighted by Gasteiger charge is -2.21. The Labute approximate surface area is 113 Å². The van der Waals surface area contributed by atoms with Crippen LogP contribution >= 0.6 is 0 Å². The number of carboxylic acid groups (broad SMARTS) is 1. The highest BCUT2D eigenvalue weighted by molar-refractivity contribution is 5.66. The molecule has 0 unspecified atom stereocenters. The number of pyridine rings is 1. The number of nitrogens with zero attached hydrogens (tertiary/aromatic N) is 2. The number of hydrogen-bond acceptors (Lipinski definition) is 4. The quantitative estimate of drug-likeness (QED) is 0.814. The Morgan fingerprint density at radius 1 is 1.53 bits per heavy atom. The molecule has 104 valence electrons. The standard InChI is InChI=1S/C14H20N2O3/c1-10-7-13(19-2)8-11(15-10)9-16(12-3-4-12)6-5-14(17)18/h7-8,12H,3-6,9H2,1-2H3,(H,17,18). The zero-order valence-electron chi connectivity index (χ0n) is 11.4. The van der Waals surface area contributed by atoms with Gasteiger partial charge in [0.1, 0.15) is 5.75 Å². The molecule has 0 aliphatic heterocycles. The van der Waals surface area contributed by atoms with E-state index in [1.807, 2.05) is 19.1 Å². The minimum atomic E-state index is -0.750. The molecule has 19 heavy (non-hydrogen) atoms. The molecule has 2 rings (SSSR count). The Morgan fingerprint density at radius 3 is 2.84 bits per heavy atom. The molecule has 1 aromatic heterocycles. The van der Waals surface area contributed by atoms with E-state index in [-0.39, 0.29) is 6.42 Å². The number of aromatic nitrogens is 1. The van der Waals surface area contributed by atoms with Gasteiger partial charge in [0.2, 0.25) is 0 Å². The fourth-order valence-corrected chi connectivity index (χ4v) is 2.18. The Morgan fingerprint density at radius 2 is 2.26 bits per heavy atom. The van der Waals surface area contributed by atoms with Crippen molar-refractivity contribution in [3.8, 4) is 5.75 Å². The fourth-order valence-electron chi connectivity index (χ4n) is 2.18. The van der Waals surface area contributed by atoms with Crippen LogP contribution in [0.2, 0.25) is 0 Å². The molecule has 1 fully saturated rings. The summed E-state index contributed by atoms with van der Waals surface area (Å²) in [4.78, 5) is 17.4. The smallest absolute Gasteiger partial charge is 0.304 e. The Balaban J connectivity index is 2.03. The van der Waals surface area contributed by atoms with E-state index in [0.29, 0.717) is 19.1 Å². The molecular formula is C14H20N2O3. The van der Waals surface area contributed by atoms with E-state index >= 15 is 0 Å². The molecule has 0 bridgehead atoms. The van der Waals surface area contributed by atoms with Gasteiger partial charge in [-0.25, -0.2) is 0 Å². The highest BCUT2D eigenvalue weighted by Crippen LogP contribution is 2.28. The zero-order chi connectivity index (χ0) is 13.8. The maximum atomic E-state index is 10.7. The molecule has 1 N–H and O–H groups in total. The molecule has 0 amide bonds. The van der Waals surface area contributed by atoms with Gasteiger partial charge in [0.15, 0.2) is 0 Å². The van der Waals surface area contributed by atoms with Crippen molar-refractivity contribution in [3.05, 3.63) is 23.5 Å². The van der Waals surface area contributed by atoms with Crippen LogP contribution in [0.1, 0.15) is 30.7 Å². The number of aryl methyl sites for hydroxylation is 1. The number of methoxy groups -OCH3 is 1. The molecule has 1 heterocycles. The van der Waals surface area contributed by atoms with Crippen molar-refractivity contribution >= 4 is 5.97 Å². The highest BCUT2D eigenvalue weighted by atomic mass is 16.5. The van der Waals surface area contributed by atoms with Crippen LogP contribution in [0.15, 0.2) is 12.1 Å². The van der Waals surface area contributed by atoms with Crippen LogP contribution in [0, 0.1) is 6.92 Å². The number of ether oxygens (including phenoxy) is 1. The molecule has 0 saturated heterocycles. The van der Waals surface area contributed by atoms with Gasteiger partial charge in [-0.1, -0.05) is 0 Å². The maximum Gasteiger partial charge on any atom is 0.304 e. The average molecular weight is 264 g/mol. The van der Waals surface area contributed by atoms with E-state index in [4.69, 9.17) is 9.84 Å². The predicted molar refractivity (Wildman–Crippen MR) is 71.2 cm³/mol. The van der Waals surface area contributed by atoms with E-state index in [0.717, 1.165) is 30.0 Å². The second kappa shape index (κ2) is 6.02. The number of carbonyl (C=O) groups is 1. The number of rotatable bonds is 7. The SMILES string of the molecule is COc1cc(C)nc(CN(CCC(=O)O)C2CC2)c1. The van der Waals surface area contributed by atoms with Gasteiger partial charge in [0.25, 0.3) is 0 Å². The second-order valence-corrected chi connectivity index (χ2v) is 4.99. The lowest BCUT2D eigenvalue weighted by molar-refractivity contribution is -0.137. The van der Waals surface area contributed by atoms with Crippen LogP contribution in [0.5, 0.6) is 5.75 Å². The predicted octanol–water partition coefficient (Wildman–Crippen LogP) is 1.84. The van der Waals surface area contributed by atoms with Crippen LogP contribution in [0.3, 0.4) is 0 Å². The van der Waals surface area contributed by atoms with Crippen LogP contribution in [-0.2, 0) is 11.3 Å². The summed E-state index contributed by atoms with van der Waals surface area (Å²) in [7, 11) is 1.64. The molecule has 1 aromatic rings. The van der Waals surface area contributed by atoms with Crippen LogP contribution in [-0.4, -0.2) is 40.7 Å². The average Bonchev–Trinajstić information content (AvgIpc) is 3.17. The number of hydrogen-bond donors (Lipinski definition) is 1. The van der Waals surface area contributed by atoms with Gasteiger partial charge in [-0.3, -0.25) is 14.7 Å². The van der Waals surface area contributed by atoms with Crippen molar-refractivity contribution in [2.45, 2.75) is 38.8 Å². The molecule has 1 aliphatic carbocycles. The van der Waals surface area contributed by atoms with E-state index in [9.17, 15) is 4.79 Å². The Kier molecular flexibility index (Phi) is 4.37. The summed E-state index contributed by atoms with van der Waals surface area (Å²) in [5, 5.41) is 8.79. The van der Waals surface area contributed by atoms with Gasteiger partial charge in [0.05, 0.1) is 19.2 Å². The summed E-state index contributed by atoms with van der Waals surface area (Å²) in [6.07, 6.45) is 2.49. The van der Waals surface area contributed by atoms with Gasteiger partial charge >= 0.3 is 5.97 Å². The normalized spacial score (nSPS) is 14.7. The van der Waals surface area contributed by atoms with E-state index < -0.39 is 5.97 Å². The summed E-state index contributed by atoms with van der Waals surface area (Å²) in [5.74, 6) is 0.0527. The summed E-state index contributed by atoms with van der Waals surface area (Å²) >= 11 is 0. The van der Waals surface area contributed by atoms with Crippen molar-refractivity contribution in [2.24, 2.45) is 0 Å². The first-order valence-electron chi connectivity index (χ1n) is 6.56. The van der Waals surface area contributed by atoms with Crippen molar-refractivity contribution < 1.29 is 14.6 Å². The maximum absolute atomic E-state index is 10.7. The molecule has 1 saturated carbocycles. The molecule has 0 radical (unpaired) electrons. The summed E-state index contributed by atoms with van der Waals surface area (Å²) in [6, 6.07) is 4.33. The topological polar surface area (TPSA) is 62.7 Å². The first-order valence-corrected chi connectivity index (χ1v) is 6.56. The van der Waals surface area contributed by atoms with Crippen molar-refractivity contribution in [1.29, 1.82) is 0 Å². The summed E-state index contributed by atoms with van der Waals surface area (Å²) in [5.41, 5.74) is 1.86. The first kappa shape index (κ1) is 13.8. The zero-order valence-corrected chi connectivity index (χ0v) is 11.4. The third-order valence-electron chi connectivity index (χ3n) is 3.26. The van der Waals surface area contributed by atoms with Gasteiger partial charge in [-0.05, 0) is 19.8 Å². The summed E-state index contributed by atoms with van der Waals surface area (Å²) < 4.78 is 5.24. The monoisotopic (exact) mass is 264 g/mol. The molecular weight excluding hydrogens is 244 g/mol. The molecule has 1 aliphatic rings. The number of aliphatic carboxylic acids is 1. The second-order valence-electron chi connectivity index (χ2n) is 4.99. The van der Waals surface area contributed by atoms with Crippen molar-refractivity contribution in [3.63, 3.8) is 0 Å². The molecule has 0 aromatic carbocycles. The third kappa shape index (κ3) is 4.21. The Bertz CT molecular complexity index is 458. The van der Waals surface area contributed by atoms with E-state index in [1.54, 1.807) is 7.11 Å². The van der Waals surface area contributed by atoms with E-state index in [2.05, 4.69) is 9.88 Å². The van der Waals surface area contributed by atoms with E-state index in [1.165, 1.54) is 0 Å². The number of carboxylic acids is 1. The molecule has 0 atom stereocenters. The minimum Gasteiger partial charge on any atom is -0.497 e. The molecule has 5 heteroatoms. The van der Waals surface area contributed by atoms with Crippen molar-refractivity contribution in [1.82, 2.24) is 9.88 Å². The first-order chi connectivity index (χ1) is 9.08. The van der Waals surface area contributed by atoms with Gasteiger partial charge in [-0.2, -0.15) is 0 Å². The fraction of sp³-hybridized carbons (Fsp3) is 0.571. The lowest BCUT2D eigenvalue weighted by Crippen LogP contribution is -2.28.